The van der Waals surface area contributed by atoms with Crippen molar-refractivity contribution >= 4 is 11.9 Å². The summed E-state index contributed by atoms with van der Waals surface area (Å²) in [4.78, 5) is 25.4. The van der Waals surface area contributed by atoms with Gasteiger partial charge in [0, 0.05) is 5.56 Å². The third kappa shape index (κ3) is 2.52. The van der Waals surface area contributed by atoms with E-state index in [4.69, 9.17) is 10.2 Å². The van der Waals surface area contributed by atoms with E-state index >= 15 is 0 Å². The van der Waals surface area contributed by atoms with Crippen molar-refractivity contribution in [3.63, 3.8) is 0 Å². The van der Waals surface area contributed by atoms with E-state index in [2.05, 4.69) is 4.98 Å². The van der Waals surface area contributed by atoms with Gasteiger partial charge in [-0.2, -0.15) is 0 Å². The molecule has 0 spiro atoms. The fourth-order valence-electron chi connectivity index (χ4n) is 1.62. The van der Waals surface area contributed by atoms with Crippen LogP contribution in [-0.4, -0.2) is 32.2 Å². The van der Waals surface area contributed by atoms with Gasteiger partial charge in [0.15, 0.2) is 0 Å². The molecule has 1 aromatic carbocycles. The summed E-state index contributed by atoms with van der Waals surface area (Å²) < 4.78 is 0. The smallest absolute Gasteiger partial charge is 0.354 e. The van der Waals surface area contributed by atoms with E-state index in [0.717, 1.165) is 0 Å². The Balaban J connectivity index is 2.67. The summed E-state index contributed by atoms with van der Waals surface area (Å²) in [7, 11) is 0. The highest BCUT2D eigenvalue weighted by Gasteiger charge is 2.15. The normalized spacial score (nSPS) is 10.1. The molecular formula is C13H9NO5. The molecule has 1 aromatic heterocycles. The number of aromatic nitrogens is 1. The minimum atomic E-state index is -1.33. The SMILES string of the molecule is O=C(O)c1cc(-c2ccccc2O)cc(C(=O)O)n1. The number of carboxylic acid groups (broad SMARTS) is 2. The van der Waals surface area contributed by atoms with Gasteiger partial charge < -0.3 is 15.3 Å². The molecular weight excluding hydrogens is 250 g/mol. The van der Waals surface area contributed by atoms with Gasteiger partial charge in [-0.15, -0.1) is 0 Å². The molecule has 19 heavy (non-hydrogen) atoms. The van der Waals surface area contributed by atoms with Crippen LogP contribution in [0.4, 0.5) is 0 Å². The van der Waals surface area contributed by atoms with Gasteiger partial charge in [-0.05, 0) is 23.8 Å². The Hall–Kier alpha value is -2.89. The summed E-state index contributed by atoms with van der Waals surface area (Å²) in [5.74, 6) is -2.74. The van der Waals surface area contributed by atoms with Crippen LogP contribution in [0.15, 0.2) is 36.4 Å². The molecule has 0 bridgehead atoms. The van der Waals surface area contributed by atoms with Gasteiger partial charge in [-0.1, -0.05) is 18.2 Å². The molecule has 0 unspecified atom stereocenters. The van der Waals surface area contributed by atoms with Crippen molar-refractivity contribution < 1.29 is 24.9 Å². The number of phenols is 1. The van der Waals surface area contributed by atoms with Crippen LogP contribution >= 0.6 is 0 Å². The highest BCUT2D eigenvalue weighted by atomic mass is 16.4. The minimum Gasteiger partial charge on any atom is -0.507 e. The highest BCUT2D eigenvalue weighted by molar-refractivity contribution is 5.92. The molecule has 6 heteroatoms. The summed E-state index contributed by atoms with van der Waals surface area (Å²) in [6.07, 6.45) is 0. The van der Waals surface area contributed by atoms with Crippen LogP contribution < -0.4 is 0 Å². The number of nitrogens with zero attached hydrogens (tertiary/aromatic N) is 1. The Morgan fingerprint density at radius 2 is 1.47 bits per heavy atom. The second kappa shape index (κ2) is 4.77. The lowest BCUT2D eigenvalue weighted by molar-refractivity contribution is 0.0685. The minimum absolute atomic E-state index is 0.0682. The van der Waals surface area contributed by atoms with E-state index in [0.29, 0.717) is 5.56 Å². The Kier molecular flexibility index (Phi) is 3.15. The number of hydrogen-bond donors (Lipinski definition) is 3. The maximum Gasteiger partial charge on any atom is 0.354 e. The van der Waals surface area contributed by atoms with E-state index < -0.39 is 23.3 Å². The average Bonchev–Trinajstić information content (AvgIpc) is 2.38. The number of aromatic hydroxyl groups is 1. The standard InChI is InChI=1S/C13H9NO5/c15-11-4-2-1-3-8(11)7-5-9(12(16)17)14-10(6-7)13(18)19/h1-6,15H,(H,16,17)(H,18,19). The number of hydrogen-bond acceptors (Lipinski definition) is 4. The van der Waals surface area contributed by atoms with Gasteiger partial charge in [0.2, 0.25) is 0 Å². The van der Waals surface area contributed by atoms with Gasteiger partial charge in [-0.25, -0.2) is 14.6 Å². The number of pyridine rings is 1. The molecule has 0 aliphatic rings. The predicted molar refractivity (Wildman–Crippen MR) is 65.3 cm³/mol. The van der Waals surface area contributed by atoms with Gasteiger partial charge in [0.05, 0.1) is 0 Å². The zero-order valence-electron chi connectivity index (χ0n) is 9.57. The summed E-state index contributed by atoms with van der Waals surface area (Å²) in [6, 6.07) is 8.67. The van der Waals surface area contributed by atoms with Crippen LogP contribution in [0.1, 0.15) is 21.0 Å². The molecule has 0 radical (unpaired) electrons. The van der Waals surface area contributed by atoms with E-state index in [9.17, 15) is 14.7 Å². The van der Waals surface area contributed by atoms with Crippen molar-refractivity contribution in [1.82, 2.24) is 4.98 Å². The van der Waals surface area contributed by atoms with Crippen molar-refractivity contribution in [2.24, 2.45) is 0 Å². The molecule has 0 atom stereocenters. The van der Waals surface area contributed by atoms with Crippen LogP contribution in [0, 0.1) is 0 Å². The molecule has 0 saturated carbocycles. The van der Waals surface area contributed by atoms with Crippen LogP contribution in [0.5, 0.6) is 5.75 Å². The summed E-state index contributed by atoms with van der Waals surface area (Å²) in [5, 5.41) is 27.5. The van der Waals surface area contributed by atoms with Gasteiger partial charge in [-0.3, -0.25) is 0 Å². The number of carbonyl (C=O) groups is 2. The average molecular weight is 259 g/mol. The molecule has 6 nitrogen and oxygen atoms in total. The van der Waals surface area contributed by atoms with Gasteiger partial charge >= 0.3 is 11.9 Å². The number of para-hydroxylation sites is 1. The first-order chi connectivity index (χ1) is 8.99. The molecule has 0 aliphatic carbocycles. The topological polar surface area (TPSA) is 108 Å². The third-order valence-corrected chi connectivity index (χ3v) is 2.48. The fourth-order valence-corrected chi connectivity index (χ4v) is 1.62. The van der Waals surface area contributed by atoms with Crippen molar-refractivity contribution in [1.29, 1.82) is 0 Å². The first-order valence-corrected chi connectivity index (χ1v) is 5.26. The van der Waals surface area contributed by atoms with Crippen LogP contribution in [0.25, 0.3) is 11.1 Å². The number of carboxylic acids is 2. The van der Waals surface area contributed by atoms with E-state index in [1.54, 1.807) is 18.2 Å². The first kappa shape index (κ1) is 12.6. The predicted octanol–water partition coefficient (Wildman–Crippen LogP) is 1.85. The molecule has 0 saturated heterocycles. The molecule has 2 aromatic rings. The van der Waals surface area contributed by atoms with Gasteiger partial charge in [0.25, 0.3) is 0 Å². The first-order valence-electron chi connectivity index (χ1n) is 5.26. The largest absolute Gasteiger partial charge is 0.507 e. The molecule has 0 amide bonds. The van der Waals surface area contributed by atoms with Crippen LogP contribution in [0.3, 0.4) is 0 Å². The number of benzene rings is 1. The Morgan fingerprint density at radius 1 is 0.947 bits per heavy atom. The zero-order valence-corrected chi connectivity index (χ0v) is 9.57. The number of phenolic OH excluding ortho intramolecular Hbond substituents is 1. The van der Waals surface area contributed by atoms with E-state index in [1.807, 2.05) is 0 Å². The van der Waals surface area contributed by atoms with Crippen molar-refractivity contribution in [3.8, 4) is 16.9 Å². The number of rotatable bonds is 3. The van der Waals surface area contributed by atoms with Crippen LogP contribution in [-0.2, 0) is 0 Å². The lowest BCUT2D eigenvalue weighted by Gasteiger charge is -2.06. The number of aromatic carboxylic acids is 2. The van der Waals surface area contributed by atoms with Crippen molar-refractivity contribution in [2.45, 2.75) is 0 Å². The third-order valence-electron chi connectivity index (χ3n) is 2.48. The van der Waals surface area contributed by atoms with Gasteiger partial charge in [0.1, 0.15) is 17.1 Å². The lowest BCUT2D eigenvalue weighted by Crippen LogP contribution is -2.07. The molecule has 3 N–H and O–H groups in total. The van der Waals surface area contributed by atoms with Crippen LogP contribution in [0.2, 0.25) is 0 Å². The molecule has 96 valence electrons. The second-order valence-electron chi connectivity index (χ2n) is 3.75. The van der Waals surface area contributed by atoms with E-state index in [-0.39, 0.29) is 11.3 Å². The summed E-state index contributed by atoms with van der Waals surface area (Å²) >= 11 is 0. The Labute approximate surface area is 107 Å². The Bertz CT molecular complexity index is 634. The molecule has 0 fully saturated rings. The van der Waals surface area contributed by atoms with Crippen molar-refractivity contribution in [3.05, 3.63) is 47.8 Å². The fraction of sp³-hybridized carbons (Fsp3) is 0. The Morgan fingerprint density at radius 3 is 1.95 bits per heavy atom. The molecule has 1 heterocycles. The zero-order chi connectivity index (χ0) is 14.0. The molecule has 0 aliphatic heterocycles. The monoisotopic (exact) mass is 259 g/mol. The lowest BCUT2D eigenvalue weighted by atomic mass is 10.0. The summed E-state index contributed by atoms with van der Waals surface area (Å²) in [6.45, 7) is 0. The quantitative estimate of drug-likeness (QED) is 0.776. The maximum atomic E-state index is 10.9. The summed E-state index contributed by atoms with van der Waals surface area (Å²) in [5.41, 5.74) is -0.158. The van der Waals surface area contributed by atoms with E-state index in [1.165, 1.54) is 18.2 Å². The second-order valence-corrected chi connectivity index (χ2v) is 3.75. The van der Waals surface area contributed by atoms with Crippen molar-refractivity contribution in [2.75, 3.05) is 0 Å². The molecule has 2 rings (SSSR count). The maximum absolute atomic E-state index is 10.9. The highest BCUT2D eigenvalue weighted by Crippen LogP contribution is 2.29.